The summed E-state index contributed by atoms with van der Waals surface area (Å²) in [6.45, 7) is 10.8. The summed E-state index contributed by atoms with van der Waals surface area (Å²) >= 11 is 4.31. The zero-order valence-electron chi connectivity index (χ0n) is 11.9. The second-order valence-electron chi connectivity index (χ2n) is 6.22. The summed E-state index contributed by atoms with van der Waals surface area (Å²) in [5.74, 6) is 1.43. The van der Waals surface area contributed by atoms with E-state index in [2.05, 4.69) is 45.3 Å². The molecule has 0 aromatic heterocycles. The lowest BCUT2D eigenvalue weighted by Crippen LogP contribution is -2.29. The number of hydrogen-bond acceptors (Lipinski definition) is 3. The van der Waals surface area contributed by atoms with Gasteiger partial charge in [-0.3, -0.25) is 4.99 Å². The van der Waals surface area contributed by atoms with Crippen molar-refractivity contribution < 1.29 is 4.74 Å². The summed E-state index contributed by atoms with van der Waals surface area (Å²) < 4.78 is 5.78. The fraction of sp³-hybridized carbons (Fsp3) is 0.929. The molecular formula is C14H27NOS. The summed E-state index contributed by atoms with van der Waals surface area (Å²) in [4.78, 5) is 4.63. The Morgan fingerprint density at radius 2 is 1.76 bits per heavy atom. The molecule has 0 amide bonds. The number of hydrogen-bond donors (Lipinski definition) is 1. The third kappa shape index (κ3) is 5.33. The van der Waals surface area contributed by atoms with Gasteiger partial charge in [0.15, 0.2) is 5.90 Å². The Balaban J connectivity index is 2.66. The average Bonchev–Trinajstić information content (AvgIpc) is 2.14. The van der Waals surface area contributed by atoms with Crippen molar-refractivity contribution in [1.82, 2.24) is 0 Å². The highest BCUT2D eigenvalue weighted by Crippen LogP contribution is 2.38. The van der Waals surface area contributed by atoms with Crippen LogP contribution in [0.15, 0.2) is 4.99 Å². The Morgan fingerprint density at radius 1 is 1.24 bits per heavy atom. The summed E-state index contributed by atoms with van der Waals surface area (Å²) in [5, 5.41) is 0. The Morgan fingerprint density at radius 3 is 2.18 bits per heavy atom. The van der Waals surface area contributed by atoms with Gasteiger partial charge in [0.2, 0.25) is 0 Å². The highest BCUT2D eigenvalue weighted by atomic mass is 32.1. The van der Waals surface area contributed by atoms with Crippen molar-refractivity contribution in [2.24, 2.45) is 16.3 Å². The van der Waals surface area contributed by atoms with Crippen LogP contribution in [-0.2, 0) is 4.74 Å². The third-order valence-electron chi connectivity index (χ3n) is 3.37. The fourth-order valence-corrected chi connectivity index (χ4v) is 2.42. The molecule has 0 heterocycles. The van der Waals surface area contributed by atoms with Crippen LogP contribution in [0.25, 0.3) is 0 Å². The van der Waals surface area contributed by atoms with E-state index in [9.17, 15) is 0 Å². The van der Waals surface area contributed by atoms with Crippen LogP contribution in [0.1, 0.15) is 60.3 Å². The SMILES string of the molecule is CC(C)N=C(OC(C)S)C1CCC(C)(C)CC1. The van der Waals surface area contributed by atoms with E-state index in [-0.39, 0.29) is 5.44 Å². The number of aliphatic imine (C=N–C) groups is 1. The van der Waals surface area contributed by atoms with Crippen molar-refractivity contribution in [3.63, 3.8) is 0 Å². The van der Waals surface area contributed by atoms with Crippen molar-refractivity contribution >= 4 is 18.5 Å². The minimum Gasteiger partial charge on any atom is -0.467 e. The molecule has 100 valence electrons. The van der Waals surface area contributed by atoms with Crippen LogP contribution in [0.4, 0.5) is 0 Å². The zero-order valence-corrected chi connectivity index (χ0v) is 12.8. The molecule has 0 spiro atoms. The van der Waals surface area contributed by atoms with Crippen LogP contribution in [0.3, 0.4) is 0 Å². The Bertz CT molecular complexity index is 261. The van der Waals surface area contributed by atoms with Gasteiger partial charge in [-0.2, -0.15) is 0 Å². The van der Waals surface area contributed by atoms with Gasteiger partial charge >= 0.3 is 0 Å². The van der Waals surface area contributed by atoms with Gasteiger partial charge in [-0.25, -0.2) is 0 Å². The van der Waals surface area contributed by atoms with E-state index in [0.717, 1.165) is 5.90 Å². The van der Waals surface area contributed by atoms with E-state index in [1.54, 1.807) is 0 Å². The number of rotatable bonds is 3. The largest absolute Gasteiger partial charge is 0.467 e. The predicted molar refractivity (Wildman–Crippen MR) is 77.8 cm³/mol. The van der Waals surface area contributed by atoms with Gasteiger partial charge in [-0.05, 0) is 51.9 Å². The van der Waals surface area contributed by atoms with Gasteiger partial charge in [0.05, 0.1) is 0 Å². The Kier molecular flexibility index (Phi) is 5.36. The van der Waals surface area contributed by atoms with E-state index >= 15 is 0 Å². The first-order valence-corrected chi connectivity index (χ1v) is 7.24. The lowest BCUT2D eigenvalue weighted by atomic mass is 9.73. The molecule has 1 saturated carbocycles. The first kappa shape index (κ1) is 14.9. The molecule has 0 bridgehead atoms. The smallest absolute Gasteiger partial charge is 0.188 e. The molecule has 0 N–H and O–H groups in total. The molecule has 1 atom stereocenters. The van der Waals surface area contributed by atoms with Gasteiger partial charge in [0.25, 0.3) is 0 Å². The van der Waals surface area contributed by atoms with Crippen molar-refractivity contribution in [3.05, 3.63) is 0 Å². The molecule has 3 heteroatoms. The van der Waals surface area contributed by atoms with E-state index in [0.29, 0.717) is 17.4 Å². The molecule has 0 aromatic carbocycles. The van der Waals surface area contributed by atoms with Gasteiger partial charge < -0.3 is 4.74 Å². The maximum atomic E-state index is 5.78. The maximum absolute atomic E-state index is 5.78. The Labute approximate surface area is 112 Å². The molecule has 1 aliphatic carbocycles. The second-order valence-corrected chi connectivity index (χ2v) is 6.94. The second kappa shape index (κ2) is 6.12. The van der Waals surface area contributed by atoms with Crippen molar-refractivity contribution in [2.45, 2.75) is 71.8 Å². The highest BCUT2D eigenvalue weighted by molar-refractivity contribution is 7.80. The van der Waals surface area contributed by atoms with Gasteiger partial charge in [0, 0.05) is 12.0 Å². The van der Waals surface area contributed by atoms with Crippen LogP contribution >= 0.6 is 12.6 Å². The van der Waals surface area contributed by atoms with E-state index in [1.807, 2.05) is 6.92 Å². The maximum Gasteiger partial charge on any atom is 0.188 e. The average molecular weight is 257 g/mol. The zero-order chi connectivity index (χ0) is 13.1. The van der Waals surface area contributed by atoms with Crippen molar-refractivity contribution in [2.75, 3.05) is 0 Å². The summed E-state index contributed by atoms with van der Waals surface area (Å²) in [7, 11) is 0. The minimum atomic E-state index is -0.0672. The van der Waals surface area contributed by atoms with E-state index in [1.165, 1.54) is 25.7 Å². The van der Waals surface area contributed by atoms with E-state index in [4.69, 9.17) is 4.74 Å². The highest BCUT2D eigenvalue weighted by Gasteiger charge is 2.30. The van der Waals surface area contributed by atoms with Crippen LogP contribution in [0.5, 0.6) is 0 Å². The predicted octanol–water partition coefficient (Wildman–Crippen LogP) is 4.30. The molecule has 17 heavy (non-hydrogen) atoms. The lowest BCUT2D eigenvalue weighted by molar-refractivity contribution is 0.191. The minimum absolute atomic E-state index is 0.0672. The molecule has 0 aliphatic heterocycles. The van der Waals surface area contributed by atoms with Crippen LogP contribution in [0, 0.1) is 11.3 Å². The first-order chi connectivity index (χ1) is 7.80. The quantitative estimate of drug-likeness (QED) is 0.346. The lowest BCUT2D eigenvalue weighted by Gasteiger charge is -2.35. The molecule has 0 radical (unpaired) electrons. The fourth-order valence-electron chi connectivity index (χ4n) is 2.31. The van der Waals surface area contributed by atoms with Gasteiger partial charge in [-0.1, -0.05) is 13.8 Å². The van der Waals surface area contributed by atoms with Crippen molar-refractivity contribution in [3.8, 4) is 0 Å². The van der Waals surface area contributed by atoms with E-state index < -0.39 is 0 Å². The number of ether oxygens (including phenoxy) is 1. The monoisotopic (exact) mass is 257 g/mol. The topological polar surface area (TPSA) is 21.6 Å². The van der Waals surface area contributed by atoms with Crippen LogP contribution in [0.2, 0.25) is 0 Å². The van der Waals surface area contributed by atoms with Crippen LogP contribution < -0.4 is 0 Å². The standard InChI is InChI=1S/C14H27NOS/c1-10(2)15-13(16-11(3)17)12-6-8-14(4,5)9-7-12/h10-12,17H,6-9H2,1-5H3. The summed E-state index contributed by atoms with van der Waals surface area (Å²) in [5.41, 5.74) is 0.425. The van der Waals surface area contributed by atoms with Gasteiger partial charge in [-0.15, -0.1) is 12.6 Å². The number of nitrogens with zero attached hydrogens (tertiary/aromatic N) is 1. The Hall–Kier alpha value is -0.180. The molecule has 0 saturated heterocycles. The molecule has 2 nitrogen and oxygen atoms in total. The molecule has 1 fully saturated rings. The molecular weight excluding hydrogens is 230 g/mol. The molecule has 1 aliphatic rings. The summed E-state index contributed by atoms with van der Waals surface area (Å²) in [6.07, 6.45) is 4.91. The first-order valence-electron chi connectivity index (χ1n) is 6.72. The molecule has 0 aromatic rings. The van der Waals surface area contributed by atoms with Crippen LogP contribution in [-0.4, -0.2) is 17.4 Å². The number of thiol groups is 1. The molecule has 1 unspecified atom stereocenters. The molecule has 1 rings (SSSR count). The van der Waals surface area contributed by atoms with Crippen molar-refractivity contribution in [1.29, 1.82) is 0 Å². The van der Waals surface area contributed by atoms with Gasteiger partial charge in [0.1, 0.15) is 5.44 Å². The normalized spacial score (nSPS) is 23.8. The summed E-state index contributed by atoms with van der Waals surface area (Å²) in [6, 6.07) is 0.298. The third-order valence-corrected chi connectivity index (χ3v) is 3.47.